The smallest absolute Gasteiger partial charge is 0.325 e. The minimum absolute atomic E-state index is 0.0345. The van der Waals surface area contributed by atoms with E-state index in [-0.39, 0.29) is 44.4 Å². The Morgan fingerprint density at radius 1 is 0.754 bits per heavy atom. The Hall–Kier alpha value is -5.72. The fourth-order valence-electron chi connectivity index (χ4n) is 6.74. The minimum atomic E-state index is -0.675. The Morgan fingerprint density at radius 3 is 2.16 bits per heavy atom. The molecule has 1 aliphatic heterocycles. The number of benzene rings is 5. The van der Waals surface area contributed by atoms with Crippen molar-refractivity contribution in [2.45, 2.75) is 50.7 Å². The molecular weight excluding hydrogens is 739 g/mol. The lowest BCUT2D eigenvalue weighted by molar-refractivity contribution is -0.268. The number of esters is 1. The molecule has 0 spiro atoms. The van der Waals surface area contributed by atoms with Gasteiger partial charge >= 0.3 is 12.0 Å². The number of oxazole rings is 1. The molecule has 0 bridgehead atoms. The molecule has 1 aliphatic rings. The van der Waals surface area contributed by atoms with Crippen molar-refractivity contribution < 1.29 is 33.3 Å². The molecule has 5 aromatic carbocycles. The molecule has 0 aliphatic carbocycles. The number of aliphatic hydroxyl groups excluding tert-OH is 1. The quantitative estimate of drug-likeness (QED) is 0.0731. The van der Waals surface area contributed by atoms with Crippen LogP contribution in [-0.2, 0) is 32.2 Å². The zero-order valence-electron chi connectivity index (χ0n) is 31.8. The van der Waals surface area contributed by atoms with Gasteiger partial charge in [-0.3, -0.25) is 4.79 Å². The molecule has 0 saturated carbocycles. The summed E-state index contributed by atoms with van der Waals surface area (Å²) < 4.78 is 24.9. The number of carbonyl (C=O) groups excluding carboxylic acids is 2. The number of ether oxygens (including phenoxy) is 3. The Kier molecular flexibility index (Phi) is 13.1. The van der Waals surface area contributed by atoms with Crippen LogP contribution in [0.1, 0.15) is 48.5 Å². The van der Waals surface area contributed by atoms with E-state index in [1.54, 1.807) is 6.92 Å². The van der Waals surface area contributed by atoms with Crippen molar-refractivity contribution in [2.75, 3.05) is 18.9 Å². The Bertz CT molecular complexity index is 2190. The van der Waals surface area contributed by atoms with Crippen molar-refractivity contribution >= 4 is 23.8 Å². The van der Waals surface area contributed by atoms with Gasteiger partial charge in [0.25, 0.3) is 5.22 Å². The van der Waals surface area contributed by atoms with E-state index in [4.69, 9.17) is 23.6 Å². The summed E-state index contributed by atoms with van der Waals surface area (Å²) in [6.45, 7) is 4.14. The summed E-state index contributed by atoms with van der Waals surface area (Å²) in [5, 5.41) is 15.6. The van der Waals surface area contributed by atoms with Crippen molar-refractivity contribution in [2.24, 2.45) is 5.92 Å². The lowest BCUT2D eigenvalue weighted by Crippen LogP contribution is -2.38. The molecular formula is C46H45N3O7S. The van der Waals surface area contributed by atoms with Gasteiger partial charge in [-0.2, -0.15) is 0 Å². The highest BCUT2D eigenvalue weighted by molar-refractivity contribution is 7.99. The summed E-state index contributed by atoms with van der Waals surface area (Å²) in [6, 6.07) is 43.5. The molecule has 1 fully saturated rings. The molecule has 2 heterocycles. The molecule has 10 nitrogen and oxygen atoms in total. The summed E-state index contributed by atoms with van der Waals surface area (Å²) in [6.07, 6.45) is -1.21. The first-order valence-electron chi connectivity index (χ1n) is 19.0. The van der Waals surface area contributed by atoms with Crippen LogP contribution in [0.3, 0.4) is 0 Å². The zero-order valence-corrected chi connectivity index (χ0v) is 32.6. The van der Waals surface area contributed by atoms with Crippen LogP contribution in [-0.4, -0.2) is 47.1 Å². The number of carbonyl (C=O) groups is 2. The van der Waals surface area contributed by atoms with Gasteiger partial charge in [0.1, 0.15) is 12.2 Å². The van der Waals surface area contributed by atoms with E-state index in [1.165, 1.54) is 11.8 Å². The average molecular weight is 784 g/mol. The second-order valence-corrected chi connectivity index (χ2v) is 14.7. The highest BCUT2D eigenvalue weighted by Gasteiger charge is 2.39. The predicted octanol–water partition coefficient (Wildman–Crippen LogP) is 9.11. The number of hydrogen-bond donors (Lipinski definition) is 3. The van der Waals surface area contributed by atoms with Gasteiger partial charge in [0, 0.05) is 34.9 Å². The first kappa shape index (κ1) is 39.5. The molecule has 7 rings (SSSR count). The molecule has 1 saturated heterocycles. The standard InChI is InChI=1S/C46H45N3O7S/c1-3-53-40(51)27-48-45(52)47-26-32-12-10-17-36(24-32)37-18-11-19-38(25-37)44-54-39(30(2)42(55-44)35-22-20-31(28-50)21-23-35)29-57-46-49-41(33-13-6-4-7-14-33)43(56-46)34-15-8-5-9-16-34/h4-25,30,39,42,44,50H,3,26-29H2,1-2H3,(H2,47,48,52)/t30-,39+,42+,44+/m0/s1. The number of aromatic nitrogens is 1. The Balaban J connectivity index is 1.11. The summed E-state index contributed by atoms with van der Waals surface area (Å²) in [4.78, 5) is 28.9. The van der Waals surface area contributed by atoms with E-state index >= 15 is 0 Å². The van der Waals surface area contributed by atoms with E-state index in [0.29, 0.717) is 11.0 Å². The van der Waals surface area contributed by atoms with Crippen LogP contribution in [0.5, 0.6) is 0 Å². The molecule has 2 amide bonds. The van der Waals surface area contributed by atoms with E-state index in [2.05, 4.69) is 23.6 Å². The maximum Gasteiger partial charge on any atom is 0.325 e. The fourth-order valence-corrected chi connectivity index (χ4v) is 7.72. The van der Waals surface area contributed by atoms with Crippen LogP contribution in [0, 0.1) is 5.92 Å². The van der Waals surface area contributed by atoms with Crippen LogP contribution >= 0.6 is 11.8 Å². The molecule has 1 aromatic heterocycles. The first-order chi connectivity index (χ1) is 27.9. The van der Waals surface area contributed by atoms with Crippen molar-refractivity contribution in [1.82, 2.24) is 15.6 Å². The van der Waals surface area contributed by atoms with Crippen molar-refractivity contribution in [3.05, 3.63) is 156 Å². The maximum absolute atomic E-state index is 12.3. The number of amides is 2. The summed E-state index contributed by atoms with van der Waals surface area (Å²) in [7, 11) is 0. The van der Waals surface area contributed by atoms with E-state index < -0.39 is 18.3 Å². The number of aliphatic hydroxyl groups is 1. The van der Waals surface area contributed by atoms with E-state index in [0.717, 1.165) is 56.0 Å². The Labute approximate surface area is 336 Å². The summed E-state index contributed by atoms with van der Waals surface area (Å²) >= 11 is 1.52. The van der Waals surface area contributed by atoms with Gasteiger partial charge in [0.15, 0.2) is 12.1 Å². The topological polar surface area (TPSA) is 132 Å². The molecule has 11 heteroatoms. The molecule has 57 heavy (non-hydrogen) atoms. The van der Waals surface area contributed by atoms with Crippen LogP contribution < -0.4 is 10.6 Å². The van der Waals surface area contributed by atoms with Crippen LogP contribution in [0.15, 0.2) is 143 Å². The maximum atomic E-state index is 12.3. The SMILES string of the molecule is CCOC(=O)CNC(=O)NCc1cccc(-c2cccc([C@@H]3O[C@H](CSc4nc(-c5ccccc5)c(-c5ccccc5)o4)[C@H](C)[C@H](c4ccc(CO)cc4)O3)c2)c1. The van der Waals surface area contributed by atoms with Gasteiger partial charge < -0.3 is 34.4 Å². The predicted molar refractivity (Wildman–Crippen MR) is 220 cm³/mol. The van der Waals surface area contributed by atoms with E-state index in [1.807, 2.05) is 127 Å². The van der Waals surface area contributed by atoms with Crippen molar-refractivity contribution in [1.29, 1.82) is 0 Å². The van der Waals surface area contributed by atoms with Gasteiger partial charge in [0.2, 0.25) is 0 Å². The van der Waals surface area contributed by atoms with Crippen LogP contribution in [0.4, 0.5) is 4.79 Å². The number of nitrogens with zero attached hydrogens (tertiary/aromatic N) is 1. The molecule has 4 atom stereocenters. The number of nitrogens with one attached hydrogen (secondary N) is 2. The second kappa shape index (κ2) is 18.9. The van der Waals surface area contributed by atoms with Crippen molar-refractivity contribution in [3.8, 4) is 33.7 Å². The fraction of sp³-hybridized carbons (Fsp3) is 0.239. The number of thioether (sulfide) groups is 1. The molecule has 292 valence electrons. The zero-order chi connectivity index (χ0) is 39.6. The van der Waals surface area contributed by atoms with Crippen LogP contribution in [0.25, 0.3) is 33.7 Å². The van der Waals surface area contributed by atoms with Gasteiger partial charge in [-0.25, -0.2) is 9.78 Å². The highest BCUT2D eigenvalue weighted by atomic mass is 32.2. The highest BCUT2D eigenvalue weighted by Crippen LogP contribution is 2.44. The molecule has 0 unspecified atom stereocenters. The van der Waals surface area contributed by atoms with Gasteiger partial charge in [-0.1, -0.05) is 140 Å². The van der Waals surface area contributed by atoms with E-state index in [9.17, 15) is 14.7 Å². The normalized spacial score (nSPS) is 17.8. The summed E-state index contributed by atoms with van der Waals surface area (Å²) in [5.74, 6) is 0.763. The third-order valence-electron chi connectivity index (χ3n) is 9.76. The largest absolute Gasteiger partial charge is 0.465 e. The second-order valence-electron chi connectivity index (χ2n) is 13.7. The molecule has 0 radical (unpaired) electrons. The van der Waals surface area contributed by atoms with Crippen LogP contribution in [0.2, 0.25) is 0 Å². The average Bonchev–Trinajstić information content (AvgIpc) is 3.70. The minimum Gasteiger partial charge on any atom is -0.465 e. The lowest BCUT2D eigenvalue weighted by Gasteiger charge is -2.41. The molecule has 6 aromatic rings. The van der Waals surface area contributed by atoms with Gasteiger partial charge in [-0.15, -0.1) is 0 Å². The monoisotopic (exact) mass is 783 g/mol. The molecule has 3 N–H and O–H groups in total. The van der Waals surface area contributed by atoms with Crippen molar-refractivity contribution in [3.63, 3.8) is 0 Å². The number of hydrogen-bond acceptors (Lipinski definition) is 9. The Morgan fingerprint density at radius 2 is 1.44 bits per heavy atom. The number of rotatable bonds is 14. The number of urea groups is 1. The van der Waals surface area contributed by atoms with Gasteiger partial charge in [0.05, 0.1) is 25.4 Å². The van der Waals surface area contributed by atoms with Gasteiger partial charge in [-0.05, 0) is 46.9 Å². The lowest BCUT2D eigenvalue weighted by atomic mass is 9.91. The first-order valence-corrected chi connectivity index (χ1v) is 20.0. The summed E-state index contributed by atoms with van der Waals surface area (Å²) in [5.41, 5.74) is 8.23. The third-order valence-corrected chi connectivity index (χ3v) is 10.7. The third kappa shape index (κ3) is 10.00.